The van der Waals surface area contributed by atoms with Crippen LogP contribution in [0, 0.1) is 0 Å². The molecule has 0 amide bonds. The van der Waals surface area contributed by atoms with Crippen LogP contribution in [0.3, 0.4) is 0 Å². The van der Waals surface area contributed by atoms with Crippen molar-refractivity contribution in [1.29, 1.82) is 0 Å². The number of nitrogens with zero attached hydrogens (tertiary/aromatic N) is 1. The number of carboxylic acid groups (broad SMARTS) is 1. The van der Waals surface area contributed by atoms with E-state index in [9.17, 15) is 19.8 Å². The zero-order valence-electron chi connectivity index (χ0n) is 11.5. The van der Waals surface area contributed by atoms with Crippen molar-refractivity contribution in [3.63, 3.8) is 0 Å². The first-order valence-corrected chi connectivity index (χ1v) is 6.41. The van der Waals surface area contributed by atoms with Gasteiger partial charge in [0.05, 0.1) is 0 Å². The number of aromatic hydroxyl groups is 2. The van der Waals surface area contributed by atoms with E-state index >= 15 is 0 Å². The number of aliphatic carboxylic acids is 1. The highest BCUT2D eigenvalue weighted by Crippen LogP contribution is 2.25. The smallest absolute Gasteiger partial charge is 0.379 e. The molecule has 0 fully saturated rings. The number of aromatic nitrogens is 1. The molecule has 0 aliphatic heterocycles. The Balaban J connectivity index is 2.07. The molecule has 0 aliphatic rings. The van der Waals surface area contributed by atoms with Gasteiger partial charge < -0.3 is 15.3 Å². The quantitative estimate of drug-likeness (QED) is 0.438. The monoisotopic (exact) mass is 300 g/mol. The SMILES string of the molecule is O=C(O)C(=O)C[n+]1ccc(/C=C/c2ccc(O)c(O)c2)cc1. The number of phenols is 2. The molecule has 6 nitrogen and oxygen atoms in total. The molecular formula is C16H14NO5+. The highest BCUT2D eigenvalue weighted by atomic mass is 16.4. The third-order valence-electron chi connectivity index (χ3n) is 2.95. The molecule has 0 spiro atoms. The van der Waals surface area contributed by atoms with E-state index in [4.69, 9.17) is 5.11 Å². The zero-order chi connectivity index (χ0) is 16.1. The summed E-state index contributed by atoms with van der Waals surface area (Å²) >= 11 is 0. The van der Waals surface area contributed by atoms with E-state index in [2.05, 4.69) is 0 Å². The van der Waals surface area contributed by atoms with Gasteiger partial charge in [0.1, 0.15) is 0 Å². The molecule has 3 N–H and O–H groups in total. The lowest BCUT2D eigenvalue weighted by atomic mass is 10.1. The summed E-state index contributed by atoms with van der Waals surface area (Å²) in [5.74, 6) is -2.71. The van der Waals surface area contributed by atoms with Gasteiger partial charge in [0.25, 0.3) is 0 Å². The summed E-state index contributed by atoms with van der Waals surface area (Å²) in [4.78, 5) is 21.6. The van der Waals surface area contributed by atoms with Crippen molar-refractivity contribution in [2.45, 2.75) is 6.54 Å². The lowest BCUT2D eigenvalue weighted by molar-refractivity contribution is -0.683. The van der Waals surface area contributed by atoms with E-state index < -0.39 is 11.8 Å². The first-order chi connectivity index (χ1) is 10.5. The molecule has 1 aromatic heterocycles. The molecule has 0 saturated heterocycles. The Bertz CT molecular complexity index is 735. The number of hydrogen-bond donors (Lipinski definition) is 3. The van der Waals surface area contributed by atoms with Crippen LogP contribution in [0.25, 0.3) is 12.2 Å². The van der Waals surface area contributed by atoms with Crippen LogP contribution >= 0.6 is 0 Å². The molecule has 2 aromatic rings. The van der Waals surface area contributed by atoms with Crippen molar-refractivity contribution in [2.24, 2.45) is 0 Å². The molecule has 1 heterocycles. The molecule has 0 saturated carbocycles. The Morgan fingerprint density at radius 1 is 0.955 bits per heavy atom. The second-order valence-electron chi connectivity index (χ2n) is 4.61. The standard InChI is InChI=1S/C16H13NO5/c18-13-4-3-12(9-14(13)19)2-1-11-5-7-17(8-6-11)10-15(20)16(21)22/h1-9H,10H2,(H2,19,21,22)/p+1. The third kappa shape index (κ3) is 3.92. The summed E-state index contributed by atoms with van der Waals surface area (Å²) in [5.41, 5.74) is 1.56. The van der Waals surface area contributed by atoms with Crippen LogP contribution < -0.4 is 4.57 Å². The van der Waals surface area contributed by atoms with E-state index in [1.54, 1.807) is 42.7 Å². The van der Waals surface area contributed by atoms with Crippen LogP contribution in [-0.2, 0) is 16.1 Å². The van der Waals surface area contributed by atoms with Crippen LogP contribution in [0.5, 0.6) is 11.5 Å². The number of Topliss-reactive ketones (excluding diaryl/α,β-unsaturated/α-hetero) is 1. The maximum Gasteiger partial charge on any atom is 0.379 e. The summed E-state index contributed by atoms with van der Waals surface area (Å²) in [7, 11) is 0. The fraction of sp³-hybridized carbons (Fsp3) is 0.0625. The van der Waals surface area contributed by atoms with Crippen molar-refractivity contribution in [1.82, 2.24) is 0 Å². The van der Waals surface area contributed by atoms with Crippen LogP contribution in [-0.4, -0.2) is 27.1 Å². The summed E-state index contributed by atoms with van der Waals surface area (Å²) in [5, 5.41) is 27.2. The fourth-order valence-electron chi connectivity index (χ4n) is 1.76. The van der Waals surface area contributed by atoms with Crippen LogP contribution in [0.1, 0.15) is 11.1 Å². The van der Waals surface area contributed by atoms with Crippen molar-refractivity contribution in [3.8, 4) is 11.5 Å². The van der Waals surface area contributed by atoms with E-state index in [0.717, 1.165) is 5.56 Å². The zero-order valence-corrected chi connectivity index (χ0v) is 11.5. The van der Waals surface area contributed by atoms with Crippen molar-refractivity contribution < 1.29 is 29.5 Å². The third-order valence-corrected chi connectivity index (χ3v) is 2.95. The van der Waals surface area contributed by atoms with Gasteiger partial charge >= 0.3 is 11.8 Å². The Morgan fingerprint density at radius 2 is 1.59 bits per heavy atom. The van der Waals surface area contributed by atoms with Gasteiger partial charge in [-0.1, -0.05) is 18.2 Å². The molecule has 22 heavy (non-hydrogen) atoms. The highest BCUT2D eigenvalue weighted by molar-refractivity contribution is 6.32. The highest BCUT2D eigenvalue weighted by Gasteiger charge is 2.16. The minimum Gasteiger partial charge on any atom is -0.504 e. The normalized spacial score (nSPS) is 10.7. The second-order valence-corrected chi connectivity index (χ2v) is 4.61. The number of carbonyl (C=O) groups is 2. The lowest BCUT2D eigenvalue weighted by Gasteiger charge is -1.99. The van der Waals surface area contributed by atoms with Crippen molar-refractivity contribution in [2.75, 3.05) is 0 Å². The van der Waals surface area contributed by atoms with E-state index in [-0.39, 0.29) is 18.0 Å². The number of carbonyl (C=O) groups excluding carboxylic acids is 1. The minimum absolute atomic E-state index is 0.180. The molecule has 0 radical (unpaired) electrons. The second kappa shape index (κ2) is 6.53. The molecule has 1 aromatic carbocycles. The van der Waals surface area contributed by atoms with Gasteiger partial charge in [0.15, 0.2) is 23.9 Å². The number of pyridine rings is 1. The summed E-state index contributed by atoms with van der Waals surface area (Å²) in [6.07, 6.45) is 6.75. The first kappa shape index (κ1) is 15.2. The van der Waals surface area contributed by atoms with Crippen molar-refractivity contribution >= 4 is 23.9 Å². The van der Waals surface area contributed by atoms with Crippen molar-refractivity contribution in [3.05, 3.63) is 53.9 Å². The van der Waals surface area contributed by atoms with E-state index in [0.29, 0.717) is 5.56 Å². The molecule has 0 atom stereocenters. The molecular weight excluding hydrogens is 286 g/mol. The number of benzene rings is 1. The number of ketones is 1. The van der Waals surface area contributed by atoms with Gasteiger partial charge in [-0.05, 0) is 23.3 Å². The Labute approximate surface area is 126 Å². The van der Waals surface area contributed by atoms with Gasteiger partial charge in [-0.15, -0.1) is 0 Å². The molecule has 0 aliphatic carbocycles. The Morgan fingerprint density at radius 3 is 2.18 bits per heavy atom. The number of phenolic OH excluding ortho intramolecular Hbond substituents is 2. The largest absolute Gasteiger partial charge is 0.504 e. The average molecular weight is 300 g/mol. The molecule has 0 unspecified atom stereocenters. The molecule has 112 valence electrons. The van der Waals surface area contributed by atoms with E-state index in [1.807, 2.05) is 0 Å². The summed E-state index contributed by atoms with van der Waals surface area (Å²) in [6, 6.07) is 7.93. The molecule has 6 heteroatoms. The minimum atomic E-state index is -1.45. The van der Waals surface area contributed by atoms with Gasteiger partial charge in [0.2, 0.25) is 6.54 Å². The number of carboxylic acids is 1. The fourth-order valence-corrected chi connectivity index (χ4v) is 1.76. The molecule has 0 bridgehead atoms. The van der Waals surface area contributed by atoms with Crippen LogP contribution in [0.15, 0.2) is 42.7 Å². The summed E-state index contributed by atoms with van der Waals surface area (Å²) in [6.45, 7) is -0.217. The topological polar surface area (TPSA) is 98.7 Å². The number of rotatable bonds is 5. The van der Waals surface area contributed by atoms with Gasteiger partial charge in [-0.25, -0.2) is 4.79 Å². The van der Waals surface area contributed by atoms with Gasteiger partial charge in [-0.3, -0.25) is 4.79 Å². The predicted molar refractivity (Wildman–Crippen MR) is 78.0 cm³/mol. The lowest BCUT2D eigenvalue weighted by Crippen LogP contribution is -2.39. The van der Waals surface area contributed by atoms with Crippen LogP contribution in [0.2, 0.25) is 0 Å². The molecule has 2 rings (SSSR count). The average Bonchev–Trinajstić information content (AvgIpc) is 2.49. The maximum atomic E-state index is 11.1. The predicted octanol–water partition coefficient (Wildman–Crippen LogP) is 1.21. The maximum absolute atomic E-state index is 11.1. The number of hydrogen-bond acceptors (Lipinski definition) is 4. The van der Waals surface area contributed by atoms with E-state index in [1.165, 1.54) is 16.7 Å². The Kier molecular flexibility index (Phi) is 4.53. The van der Waals surface area contributed by atoms with Gasteiger partial charge in [0, 0.05) is 12.1 Å². The van der Waals surface area contributed by atoms with Crippen LogP contribution in [0.4, 0.5) is 0 Å². The summed E-state index contributed by atoms with van der Waals surface area (Å²) < 4.78 is 1.47. The van der Waals surface area contributed by atoms with Gasteiger partial charge in [-0.2, -0.15) is 4.57 Å². The Hall–Kier alpha value is -3.15. The first-order valence-electron chi connectivity index (χ1n) is 6.41.